The number of hydrogen-bond acceptors (Lipinski definition) is 4. The number of amides is 1. The fourth-order valence-electron chi connectivity index (χ4n) is 4.53. The van der Waals surface area contributed by atoms with Crippen LogP contribution in [0.5, 0.6) is 0 Å². The maximum atomic E-state index is 12.8. The van der Waals surface area contributed by atoms with Crippen molar-refractivity contribution in [2.75, 3.05) is 20.1 Å². The van der Waals surface area contributed by atoms with Gasteiger partial charge in [-0.25, -0.2) is 4.68 Å². The van der Waals surface area contributed by atoms with Crippen LogP contribution in [0.3, 0.4) is 0 Å². The van der Waals surface area contributed by atoms with Crippen molar-refractivity contribution in [3.63, 3.8) is 0 Å². The summed E-state index contributed by atoms with van der Waals surface area (Å²) in [5, 5.41) is 11.3. The molecule has 1 aliphatic carbocycles. The first kappa shape index (κ1) is 18.2. The fourth-order valence-corrected chi connectivity index (χ4v) is 4.53. The van der Waals surface area contributed by atoms with E-state index in [0.717, 1.165) is 18.4 Å². The van der Waals surface area contributed by atoms with Crippen LogP contribution in [-0.2, 0) is 6.54 Å². The second-order valence-electron chi connectivity index (χ2n) is 8.31. The van der Waals surface area contributed by atoms with Gasteiger partial charge in [-0.1, -0.05) is 35.5 Å². The molecule has 144 valence electrons. The van der Waals surface area contributed by atoms with E-state index in [4.69, 9.17) is 0 Å². The van der Waals surface area contributed by atoms with E-state index in [0.29, 0.717) is 17.7 Å². The van der Waals surface area contributed by atoms with Gasteiger partial charge in [0.25, 0.3) is 5.91 Å². The summed E-state index contributed by atoms with van der Waals surface area (Å²) in [6, 6.07) is 10.3. The van der Waals surface area contributed by atoms with Crippen LogP contribution in [0.2, 0.25) is 0 Å². The molecule has 6 nitrogen and oxygen atoms in total. The molecule has 1 spiro atoms. The van der Waals surface area contributed by atoms with Gasteiger partial charge in [0.2, 0.25) is 0 Å². The molecule has 2 aromatic rings. The molecule has 0 bridgehead atoms. The Morgan fingerprint density at radius 2 is 1.85 bits per heavy atom. The lowest BCUT2D eigenvalue weighted by Crippen LogP contribution is -2.45. The van der Waals surface area contributed by atoms with Crippen LogP contribution in [0, 0.1) is 5.41 Å². The molecule has 1 aliphatic heterocycles. The van der Waals surface area contributed by atoms with Gasteiger partial charge >= 0.3 is 0 Å². The highest BCUT2D eigenvalue weighted by molar-refractivity contribution is 5.92. The van der Waals surface area contributed by atoms with E-state index in [9.17, 15) is 4.79 Å². The molecule has 1 saturated carbocycles. The molecule has 4 rings (SSSR count). The summed E-state index contributed by atoms with van der Waals surface area (Å²) in [5.74, 6) is -0.0553. The number of carbonyl (C=O) groups is 1. The lowest BCUT2D eigenvalue weighted by atomic mass is 9.67. The summed E-state index contributed by atoms with van der Waals surface area (Å²) >= 11 is 0. The number of carbonyl (C=O) groups excluding carboxylic acids is 1. The molecule has 0 atom stereocenters. The van der Waals surface area contributed by atoms with E-state index >= 15 is 0 Å². The Kier molecular flexibility index (Phi) is 5.25. The zero-order valence-corrected chi connectivity index (χ0v) is 16.1. The molecule has 2 heterocycles. The van der Waals surface area contributed by atoms with Gasteiger partial charge < -0.3 is 10.2 Å². The third-order valence-electron chi connectivity index (χ3n) is 6.45. The average molecular weight is 367 g/mol. The molecule has 1 aromatic heterocycles. The van der Waals surface area contributed by atoms with E-state index < -0.39 is 0 Å². The van der Waals surface area contributed by atoms with Crippen LogP contribution >= 0.6 is 0 Å². The molecule has 2 aliphatic rings. The molecular weight excluding hydrogens is 338 g/mol. The number of nitrogens with one attached hydrogen (secondary N) is 1. The molecule has 6 heteroatoms. The van der Waals surface area contributed by atoms with Crippen LogP contribution < -0.4 is 5.32 Å². The summed E-state index contributed by atoms with van der Waals surface area (Å²) in [5.41, 5.74) is 2.17. The van der Waals surface area contributed by atoms with Gasteiger partial charge in [0.05, 0.1) is 12.7 Å². The van der Waals surface area contributed by atoms with Gasteiger partial charge in [-0.3, -0.25) is 4.79 Å². The van der Waals surface area contributed by atoms with E-state index in [1.807, 2.05) is 30.3 Å². The van der Waals surface area contributed by atoms with Crippen molar-refractivity contribution in [3.05, 3.63) is 47.8 Å². The Labute approximate surface area is 160 Å². The Balaban J connectivity index is 1.33. The molecule has 1 saturated heterocycles. The van der Waals surface area contributed by atoms with Crippen LogP contribution in [0.1, 0.15) is 54.6 Å². The first-order valence-electron chi connectivity index (χ1n) is 10.1. The van der Waals surface area contributed by atoms with Crippen LogP contribution in [0.4, 0.5) is 0 Å². The van der Waals surface area contributed by atoms with Crippen molar-refractivity contribution in [2.45, 2.75) is 51.1 Å². The molecule has 2 fully saturated rings. The van der Waals surface area contributed by atoms with Crippen LogP contribution in [0.15, 0.2) is 36.5 Å². The maximum absolute atomic E-state index is 12.8. The SMILES string of the molecule is CN1CCC2(CCC(NC(=O)c3cnnn3Cc3ccccc3)CC2)CC1. The number of likely N-dealkylation sites (tertiary alicyclic amines) is 1. The first-order valence-corrected chi connectivity index (χ1v) is 10.1. The third kappa shape index (κ3) is 4.21. The number of nitrogens with zero attached hydrogens (tertiary/aromatic N) is 4. The second-order valence-corrected chi connectivity index (χ2v) is 8.31. The monoisotopic (exact) mass is 367 g/mol. The van der Waals surface area contributed by atoms with Crippen LogP contribution in [0.25, 0.3) is 0 Å². The minimum atomic E-state index is -0.0553. The summed E-state index contributed by atoms with van der Waals surface area (Å²) < 4.78 is 1.69. The molecule has 1 amide bonds. The highest BCUT2D eigenvalue weighted by Crippen LogP contribution is 2.44. The standard InChI is InChI=1S/C21H29N5O/c1-25-13-11-21(12-14-25)9-7-18(8-10-21)23-20(27)19-15-22-24-26(19)16-17-5-3-2-4-6-17/h2-6,15,18H,7-14,16H2,1H3,(H,23,27). The molecule has 1 aromatic carbocycles. The predicted octanol–water partition coefficient (Wildman–Crippen LogP) is 2.71. The Bertz CT molecular complexity index is 754. The normalized spacial score (nSPS) is 20.6. The molecule has 27 heavy (non-hydrogen) atoms. The van der Waals surface area contributed by atoms with Crippen molar-refractivity contribution >= 4 is 5.91 Å². The van der Waals surface area contributed by atoms with E-state index in [1.165, 1.54) is 38.8 Å². The molecule has 0 unspecified atom stereocenters. The lowest BCUT2D eigenvalue weighted by Gasteiger charge is -2.45. The first-order chi connectivity index (χ1) is 13.1. The summed E-state index contributed by atoms with van der Waals surface area (Å²) in [6.45, 7) is 2.98. The molecular formula is C21H29N5O. The van der Waals surface area contributed by atoms with E-state index in [2.05, 4.69) is 27.6 Å². The third-order valence-corrected chi connectivity index (χ3v) is 6.45. The maximum Gasteiger partial charge on any atom is 0.271 e. The highest BCUT2D eigenvalue weighted by Gasteiger charge is 2.37. The van der Waals surface area contributed by atoms with E-state index in [-0.39, 0.29) is 11.9 Å². The lowest BCUT2D eigenvalue weighted by molar-refractivity contribution is 0.0651. The quantitative estimate of drug-likeness (QED) is 0.902. The number of hydrogen-bond donors (Lipinski definition) is 1. The topological polar surface area (TPSA) is 63.1 Å². The van der Waals surface area contributed by atoms with Crippen molar-refractivity contribution in [2.24, 2.45) is 5.41 Å². The van der Waals surface area contributed by atoms with Crippen LogP contribution in [-0.4, -0.2) is 52.0 Å². The van der Waals surface area contributed by atoms with Crippen molar-refractivity contribution < 1.29 is 4.79 Å². The Hall–Kier alpha value is -2.21. The minimum absolute atomic E-state index is 0.0553. The zero-order valence-electron chi connectivity index (χ0n) is 16.1. The zero-order chi connectivity index (χ0) is 18.7. The molecule has 0 radical (unpaired) electrons. The number of benzene rings is 1. The van der Waals surface area contributed by atoms with Gasteiger partial charge in [-0.15, -0.1) is 5.10 Å². The van der Waals surface area contributed by atoms with Crippen molar-refractivity contribution in [1.29, 1.82) is 0 Å². The summed E-state index contributed by atoms with van der Waals surface area (Å²) in [6.07, 6.45) is 8.79. The van der Waals surface area contributed by atoms with E-state index in [1.54, 1.807) is 10.9 Å². The predicted molar refractivity (Wildman–Crippen MR) is 104 cm³/mol. The smallest absolute Gasteiger partial charge is 0.271 e. The largest absolute Gasteiger partial charge is 0.348 e. The second kappa shape index (κ2) is 7.80. The van der Waals surface area contributed by atoms with Gasteiger partial charge in [0.15, 0.2) is 0 Å². The number of aromatic nitrogens is 3. The van der Waals surface area contributed by atoms with Gasteiger partial charge in [0, 0.05) is 6.04 Å². The number of rotatable bonds is 4. The van der Waals surface area contributed by atoms with Gasteiger partial charge in [-0.05, 0) is 69.6 Å². The average Bonchev–Trinajstić information content (AvgIpc) is 3.15. The summed E-state index contributed by atoms with van der Waals surface area (Å²) in [7, 11) is 2.21. The number of piperidine rings is 1. The summed E-state index contributed by atoms with van der Waals surface area (Å²) in [4.78, 5) is 15.2. The fraction of sp³-hybridized carbons (Fsp3) is 0.571. The van der Waals surface area contributed by atoms with Crippen molar-refractivity contribution in [3.8, 4) is 0 Å². The van der Waals surface area contributed by atoms with Gasteiger partial charge in [0.1, 0.15) is 5.69 Å². The Morgan fingerprint density at radius 3 is 2.56 bits per heavy atom. The molecule has 1 N–H and O–H groups in total. The van der Waals surface area contributed by atoms with Gasteiger partial charge in [-0.2, -0.15) is 0 Å². The minimum Gasteiger partial charge on any atom is -0.348 e. The van der Waals surface area contributed by atoms with Crippen molar-refractivity contribution in [1.82, 2.24) is 25.2 Å². The highest BCUT2D eigenvalue weighted by atomic mass is 16.2. The Morgan fingerprint density at radius 1 is 1.15 bits per heavy atom.